The molecule has 0 amide bonds. The molecule has 198 valence electrons. The summed E-state index contributed by atoms with van der Waals surface area (Å²) >= 11 is 8.67. The molecule has 0 spiro atoms. The van der Waals surface area contributed by atoms with E-state index < -0.39 is 21.5 Å². The van der Waals surface area contributed by atoms with Crippen molar-refractivity contribution in [1.82, 2.24) is 4.57 Å². The van der Waals surface area contributed by atoms with Crippen molar-refractivity contribution in [3.8, 4) is 11.1 Å². The second-order valence-electron chi connectivity index (χ2n) is 9.25. The minimum atomic E-state index is -3.64. The molecule has 2 aromatic heterocycles. The van der Waals surface area contributed by atoms with Crippen LogP contribution < -0.4 is 21.2 Å². The average molecular weight is 670 g/mol. The summed E-state index contributed by atoms with van der Waals surface area (Å²) in [5.41, 5.74) is 0.625. The van der Waals surface area contributed by atoms with Gasteiger partial charge in [0, 0.05) is 26.4 Å². The number of hydrogen-bond donors (Lipinski definition) is 2. The number of sulfonamides is 1. The summed E-state index contributed by atoms with van der Waals surface area (Å²) in [4.78, 5) is 26.9. The normalized spacial score (nSPS) is 13.6. The third-order valence-corrected chi connectivity index (χ3v) is 8.07. The highest BCUT2D eigenvalue weighted by Crippen LogP contribution is 2.43. The van der Waals surface area contributed by atoms with Crippen LogP contribution >= 0.6 is 34.2 Å². The van der Waals surface area contributed by atoms with Crippen LogP contribution in [-0.4, -0.2) is 19.2 Å². The number of pyridine rings is 1. The third kappa shape index (κ3) is 4.82. The fraction of sp³-hybridized carbons (Fsp3) is 0.231. The Labute approximate surface area is 236 Å². The summed E-state index contributed by atoms with van der Waals surface area (Å²) in [6.07, 6.45) is 2.59. The van der Waals surface area contributed by atoms with Crippen molar-refractivity contribution < 1.29 is 17.2 Å². The molecule has 12 heteroatoms. The van der Waals surface area contributed by atoms with Crippen LogP contribution in [0, 0.1) is 23.2 Å². The number of benzene rings is 2. The van der Waals surface area contributed by atoms with E-state index in [9.17, 15) is 22.4 Å². The highest BCUT2D eigenvalue weighted by molar-refractivity contribution is 14.1. The van der Waals surface area contributed by atoms with Gasteiger partial charge in [-0.2, -0.15) is 0 Å². The highest BCUT2D eigenvalue weighted by Gasteiger charge is 2.32. The van der Waals surface area contributed by atoms with Crippen LogP contribution in [0.4, 0.5) is 21.5 Å². The zero-order valence-electron chi connectivity index (χ0n) is 20.5. The Morgan fingerprint density at radius 3 is 2.47 bits per heavy atom. The maximum absolute atomic E-state index is 14.8. The Morgan fingerprint density at radius 2 is 1.84 bits per heavy atom. The van der Waals surface area contributed by atoms with Gasteiger partial charge in [0.2, 0.25) is 10.0 Å². The van der Waals surface area contributed by atoms with Crippen molar-refractivity contribution in [3.05, 3.63) is 82.8 Å². The summed E-state index contributed by atoms with van der Waals surface area (Å²) in [7, 11) is -3.64. The lowest BCUT2D eigenvalue weighted by molar-refractivity contribution is 0.553. The van der Waals surface area contributed by atoms with Crippen LogP contribution in [0.1, 0.15) is 30.1 Å². The summed E-state index contributed by atoms with van der Waals surface area (Å²) < 4.78 is 49.1. The smallest absolute Gasteiger partial charge is 0.341 e. The van der Waals surface area contributed by atoms with Gasteiger partial charge in [-0.25, -0.2) is 17.6 Å². The first-order valence-corrected chi connectivity index (χ1v) is 14.9. The second kappa shape index (κ2) is 9.69. The predicted molar refractivity (Wildman–Crippen MR) is 156 cm³/mol. The topological polar surface area (TPSA) is 110 Å². The van der Waals surface area contributed by atoms with Crippen molar-refractivity contribution in [1.29, 1.82) is 0 Å². The van der Waals surface area contributed by atoms with E-state index >= 15 is 0 Å². The molecular formula is C26H22ClFIN3O5S. The number of nitrogens with zero attached hydrogens (tertiary/aromatic N) is 1. The fourth-order valence-corrected chi connectivity index (χ4v) is 5.88. The van der Waals surface area contributed by atoms with Crippen LogP contribution in [0.5, 0.6) is 0 Å². The SMILES string of the molecule is Cc1c(Nc2ccc(I)cc2F)c2c(=O)n(C3CC3)c(C)c(-c3cccc(NS(C)(=O)=O)c3Cl)c2oc1=O. The van der Waals surface area contributed by atoms with Gasteiger partial charge in [-0.05, 0) is 73.5 Å². The number of rotatable bonds is 6. The van der Waals surface area contributed by atoms with Crippen molar-refractivity contribution >= 4 is 72.2 Å². The molecule has 1 aliphatic rings. The largest absolute Gasteiger partial charge is 0.421 e. The van der Waals surface area contributed by atoms with Gasteiger partial charge in [0.05, 0.1) is 33.9 Å². The van der Waals surface area contributed by atoms with Gasteiger partial charge in [-0.1, -0.05) is 23.7 Å². The first-order valence-electron chi connectivity index (χ1n) is 11.6. The quantitative estimate of drug-likeness (QED) is 0.241. The predicted octanol–water partition coefficient (Wildman–Crippen LogP) is 6.09. The van der Waals surface area contributed by atoms with Gasteiger partial charge in [0.25, 0.3) is 5.56 Å². The number of fused-ring (bicyclic) bond motifs is 1. The van der Waals surface area contributed by atoms with Crippen molar-refractivity contribution in [2.45, 2.75) is 32.7 Å². The van der Waals surface area contributed by atoms with Crippen LogP contribution in [0.2, 0.25) is 5.02 Å². The first-order chi connectivity index (χ1) is 17.9. The van der Waals surface area contributed by atoms with E-state index in [1.54, 1.807) is 29.7 Å². The van der Waals surface area contributed by atoms with E-state index in [1.165, 1.54) is 25.1 Å². The van der Waals surface area contributed by atoms with Crippen molar-refractivity contribution in [2.24, 2.45) is 0 Å². The van der Waals surface area contributed by atoms with E-state index in [1.807, 2.05) is 22.6 Å². The molecule has 2 N–H and O–H groups in total. The molecule has 0 atom stereocenters. The van der Waals surface area contributed by atoms with Gasteiger partial charge in [0.1, 0.15) is 11.2 Å². The van der Waals surface area contributed by atoms with E-state index in [4.69, 9.17) is 16.0 Å². The van der Waals surface area contributed by atoms with Gasteiger partial charge in [-0.3, -0.25) is 9.52 Å². The lowest BCUT2D eigenvalue weighted by atomic mass is 9.99. The third-order valence-electron chi connectivity index (χ3n) is 6.40. The van der Waals surface area contributed by atoms with Gasteiger partial charge < -0.3 is 14.3 Å². The van der Waals surface area contributed by atoms with E-state index in [0.717, 1.165) is 19.1 Å². The molecule has 1 fully saturated rings. The summed E-state index contributed by atoms with van der Waals surface area (Å²) in [6.45, 7) is 3.23. The molecule has 1 saturated carbocycles. The Hall–Kier alpha value is -2.90. The first kappa shape index (κ1) is 26.7. The molecule has 38 heavy (non-hydrogen) atoms. The Balaban J connectivity index is 1.88. The zero-order chi connectivity index (χ0) is 27.5. The van der Waals surface area contributed by atoms with Crippen molar-refractivity contribution in [3.63, 3.8) is 0 Å². The summed E-state index contributed by atoms with van der Waals surface area (Å²) in [5.74, 6) is -0.546. The summed E-state index contributed by atoms with van der Waals surface area (Å²) in [5, 5.41) is 3.11. The van der Waals surface area contributed by atoms with E-state index in [-0.39, 0.29) is 50.2 Å². The standard InChI is InChI=1S/C26H22ClFIN3O5S/c1-12-23(30-18-10-7-14(29)11-17(18)28)21-24(37-26(12)34)20(13(2)32(25(21)33)15-8-9-15)16-5-4-6-19(22(16)27)31-38(3,35)36/h4-7,10-11,15,30-31H,8-9H2,1-3H3. The Morgan fingerprint density at radius 1 is 1.13 bits per heavy atom. The van der Waals surface area contributed by atoms with Gasteiger partial charge in [0.15, 0.2) is 5.58 Å². The maximum atomic E-state index is 14.8. The maximum Gasteiger partial charge on any atom is 0.341 e. The van der Waals surface area contributed by atoms with Gasteiger partial charge >= 0.3 is 5.63 Å². The lowest BCUT2D eigenvalue weighted by Gasteiger charge is -2.20. The van der Waals surface area contributed by atoms with Gasteiger partial charge in [-0.15, -0.1) is 0 Å². The molecule has 0 bridgehead atoms. The second-order valence-corrected chi connectivity index (χ2v) is 12.6. The van der Waals surface area contributed by atoms with Crippen LogP contribution in [0.15, 0.2) is 50.4 Å². The molecule has 0 saturated heterocycles. The monoisotopic (exact) mass is 669 g/mol. The van der Waals surface area contributed by atoms with Crippen LogP contribution in [0.3, 0.4) is 0 Å². The molecule has 8 nitrogen and oxygen atoms in total. The molecule has 1 aliphatic carbocycles. The Bertz CT molecular complexity index is 1870. The molecule has 2 heterocycles. The lowest BCUT2D eigenvalue weighted by Crippen LogP contribution is -2.25. The van der Waals surface area contributed by atoms with Crippen molar-refractivity contribution in [2.75, 3.05) is 16.3 Å². The fourth-order valence-electron chi connectivity index (χ4n) is 4.54. The molecule has 0 aliphatic heterocycles. The van der Waals surface area contributed by atoms with E-state index in [0.29, 0.717) is 20.4 Å². The number of halogens is 3. The van der Waals surface area contributed by atoms with E-state index in [2.05, 4.69) is 10.0 Å². The highest BCUT2D eigenvalue weighted by atomic mass is 127. The minimum absolute atomic E-state index is 0.0215. The summed E-state index contributed by atoms with van der Waals surface area (Å²) in [6, 6.07) is 9.29. The minimum Gasteiger partial charge on any atom is -0.421 e. The molecule has 2 aromatic carbocycles. The number of aromatic nitrogens is 1. The zero-order valence-corrected chi connectivity index (χ0v) is 24.2. The number of nitrogens with one attached hydrogen (secondary N) is 2. The average Bonchev–Trinajstić information content (AvgIpc) is 3.65. The van der Waals surface area contributed by atoms with Crippen LogP contribution in [-0.2, 0) is 10.0 Å². The van der Waals surface area contributed by atoms with Crippen LogP contribution in [0.25, 0.3) is 22.1 Å². The molecular weight excluding hydrogens is 648 g/mol. The molecule has 5 rings (SSSR count). The number of hydrogen-bond acceptors (Lipinski definition) is 6. The Kier molecular flexibility index (Phi) is 6.81. The molecule has 0 unspecified atom stereocenters. The molecule has 0 radical (unpaired) electrons. The number of anilines is 3. The molecule has 4 aromatic rings.